The average molecular weight is 399 g/mol. The smallest absolute Gasteiger partial charge is 0.278 e. The molecule has 7 nitrogen and oxygen atoms in total. The van der Waals surface area contributed by atoms with Gasteiger partial charge in [-0.25, -0.2) is 13.5 Å². The molecule has 0 saturated carbocycles. The van der Waals surface area contributed by atoms with Crippen molar-refractivity contribution in [3.05, 3.63) is 70.5 Å². The number of hydrogen-bond donors (Lipinski definition) is 2. The number of aryl methyl sites for hydroxylation is 1. The second-order valence-electron chi connectivity index (χ2n) is 6.56. The molecule has 29 heavy (non-hydrogen) atoms. The van der Waals surface area contributed by atoms with Gasteiger partial charge in [-0.15, -0.1) is 5.10 Å². The van der Waals surface area contributed by atoms with Crippen LogP contribution in [0.1, 0.15) is 27.3 Å². The number of carbonyl (C=O) groups excluding carboxylic acids is 2. The highest BCUT2D eigenvalue weighted by Crippen LogP contribution is 2.19. The van der Waals surface area contributed by atoms with Crippen molar-refractivity contribution in [3.63, 3.8) is 0 Å². The summed E-state index contributed by atoms with van der Waals surface area (Å²) in [7, 11) is 0. The molecule has 9 heteroatoms. The highest BCUT2D eigenvalue weighted by atomic mass is 19.1. The number of carbonyl (C=O) groups is 2. The van der Waals surface area contributed by atoms with E-state index >= 15 is 0 Å². The Bertz CT molecular complexity index is 1090. The number of aromatic nitrogens is 3. The van der Waals surface area contributed by atoms with E-state index in [0.717, 1.165) is 23.3 Å². The summed E-state index contributed by atoms with van der Waals surface area (Å²) in [6.07, 6.45) is 0. The van der Waals surface area contributed by atoms with Gasteiger partial charge in [-0.2, -0.15) is 0 Å². The van der Waals surface area contributed by atoms with Crippen LogP contribution in [0.25, 0.3) is 0 Å². The highest BCUT2D eigenvalue weighted by Gasteiger charge is 2.19. The van der Waals surface area contributed by atoms with Crippen LogP contribution in [-0.2, 0) is 11.3 Å². The molecule has 0 aliphatic heterocycles. The second-order valence-corrected chi connectivity index (χ2v) is 6.56. The van der Waals surface area contributed by atoms with E-state index in [4.69, 9.17) is 0 Å². The van der Waals surface area contributed by atoms with E-state index in [1.165, 1.54) is 4.68 Å². The molecular weight excluding hydrogens is 380 g/mol. The SMILES string of the molecule is Cc1cccc(NC(=O)c2nnn(CC(=O)Nc3ccc(F)cc3F)c2C)c1C. The molecule has 0 atom stereocenters. The summed E-state index contributed by atoms with van der Waals surface area (Å²) >= 11 is 0. The summed E-state index contributed by atoms with van der Waals surface area (Å²) in [5.74, 6) is -2.67. The number of rotatable bonds is 5. The lowest BCUT2D eigenvalue weighted by atomic mass is 10.1. The summed E-state index contributed by atoms with van der Waals surface area (Å²) in [6, 6.07) is 8.39. The van der Waals surface area contributed by atoms with E-state index in [0.29, 0.717) is 17.4 Å². The molecule has 2 N–H and O–H groups in total. The molecule has 2 amide bonds. The molecule has 0 spiro atoms. The number of anilines is 2. The predicted molar refractivity (Wildman–Crippen MR) is 104 cm³/mol. The van der Waals surface area contributed by atoms with Crippen LogP contribution in [0.15, 0.2) is 36.4 Å². The van der Waals surface area contributed by atoms with Crippen LogP contribution in [0.4, 0.5) is 20.2 Å². The lowest BCUT2D eigenvalue weighted by Crippen LogP contribution is -2.21. The lowest BCUT2D eigenvalue weighted by molar-refractivity contribution is -0.117. The molecule has 0 bridgehead atoms. The summed E-state index contributed by atoms with van der Waals surface area (Å²) in [6.45, 7) is 5.15. The standard InChI is InChI=1S/C20H19F2N5O2/c1-11-5-4-6-16(12(11)2)24-20(29)19-13(3)27(26-25-19)10-18(28)23-17-8-7-14(21)9-15(17)22/h4-9H,10H2,1-3H3,(H,23,28)(H,24,29). The quantitative estimate of drug-likeness (QED) is 0.688. The maximum Gasteiger partial charge on any atom is 0.278 e. The monoisotopic (exact) mass is 399 g/mol. The topological polar surface area (TPSA) is 88.9 Å². The average Bonchev–Trinajstić information content (AvgIpc) is 3.02. The first-order valence-corrected chi connectivity index (χ1v) is 8.79. The Morgan fingerprint density at radius 3 is 2.52 bits per heavy atom. The van der Waals surface area contributed by atoms with Crippen LogP contribution < -0.4 is 10.6 Å². The van der Waals surface area contributed by atoms with Crippen molar-refractivity contribution in [3.8, 4) is 0 Å². The van der Waals surface area contributed by atoms with Gasteiger partial charge in [-0.05, 0) is 50.1 Å². The van der Waals surface area contributed by atoms with Crippen molar-refractivity contribution >= 4 is 23.2 Å². The molecule has 0 aliphatic carbocycles. The predicted octanol–water partition coefficient (Wildman–Crippen LogP) is 3.37. The maximum absolute atomic E-state index is 13.7. The van der Waals surface area contributed by atoms with E-state index in [9.17, 15) is 18.4 Å². The van der Waals surface area contributed by atoms with Crippen molar-refractivity contribution in [1.29, 1.82) is 0 Å². The molecule has 150 valence electrons. The first-order chi connectivity index (χ1) is 13.8. The van der Waals surface area contributed by atoms with E-state index in [2.05, 4.69) is 20.9 Å². The van der Waals surface area contributed by atoms with Gasteiger partial charge in [0.05, 0.1) is 11.4 Å². The van der Waals surface area contributed by atoms with Gasteiger partial charge in [0.15, 0.2) is 5.69 Å². The number of amides is 2. The fourth-order valence-corrected chi connectivity index (χ4v) is 2.70. The largest absolute Gasteiger partial charge is 0.322 e. The van der Waals surface area contributed by atoms with Crippen LogP contribution in [0.5, 0.6) is 0 Å². The minimum atomic E-state index is -0.887. The minimum Gasteiger partial charge on any atom is -0.322 e. The van der Waals surface area contributed by atoms with Gasteiger partial charge in [-0.1, -0.05) is 17.3 Å². The summed E-state index contributed by atoms with van der Waals surface area (Å²) < 4.78 is 27.8. The Hall–Kier alpha value is -3.62. The number of hydrogen-bond acceptors (Lipinski definition) is 4. The molecule has 1 heterocycles. The molecule has 0 fully saturated rings. The van der Waals surface area contributed by atoms with Gasteiger partial charge in [0, 0.05) is 11.8 Å². The van der Waals surface area contributed by atoms with Gasteiger partial charge >= 0.3 is 0 Å². The van der Waals surface area contributed by atoms with Gasteiger partial charge in [0.2, 0.25) is 5.91 Å². The summed E-state index contributed by atoms with van der Waals surface area (Å²) in [4.78, 5) is 24.7. The zero-order valence-electron chi connectivity index (χ0n) is 16.1. The molecule has 0 aliphatic rings. The number of nitrogens with one attached hydrogen (secondary N) is 2. The maximum atomic E-state index is 13.7. The molecule has 3 aromatic rings. The first kappa shape index (κ1) is 20.1. The zero-order chi connectivity index (χ0) is 21.1. The molecule has 2 aromatic carbocycles. The van der Waals surface area contributed by atoms with E-state index in [1.54, 1.807) is 13.0 Å². The van der Waals surface area contributed by atoms with Crippen molar-refractivity contribution in [2.45, 2.75) is 27.3 Å². The van der Waals surface area contributed by atoms with Crippen molar-refractivity contribution in [2.24, 2.45) is 0 Å². The van der Waals surface area contributed by atoms with Crippen molar-refractivity contribution in [1.82, 2.24) is 15.0 Å². The zero-order valence-corrected chi connectivity index (χ0v) is 16.1. The van der Waals surface area contributed by atoms with Crippen LogP contribution >= 0.6 is 0 Å². The van der Waals surface area contributed by atoms with Crippen LogP contribution in [-0.4, -0.2) is 26.8 Å². The second kappa shape index (κ2) is 8.17. The van der Waals surface area contributed by atoms with E-state index in [1.807, 2.05) is 26.0 Å². The lowest BCUT2D eigenvalue weighted by Gasteiger charge is -2.10. The first-order valence-electron chi connectivity index (χ1n) is 8.79. The van der Waals surface area contributed by atoms with E-state index in [-0.39, 0.29) is 17.9 Å². The number of nitrogens with zero attached hydrogens (tertiary/aromatic N) is 3. The summed E-state index contributed by atoms with van der Waals surface area (Å²) in [5.41, 5.74) is 2.93. The van der Waals surface area contributed by atoms with Crippen LogP contribution in [0.3, 0.4) is 0 Å². The number of benzene rings is 2. The molecule has 3 rings (SSSR count). The number of halogens is 2. The minimum absolute atomic E-state index is 0.0756. The molecular formula is C20H19F2N5O2. The van der Waals surface area contributed by atoms with Crippen molar-refractivity contribution < 1.29 is 18.4 Å². The molecule has 0 unspecified atom stereocenters. The Morgan fingerprint density at radius 1 is 1.03 bits per heavy atom. The Kier molecular flexibility index (Phi) is 5.67. The third-order valence-corrected chi connectivity index (χ3v) is 4.55. The van der Waals surface area contributed by atoms with Gasteiger partial charge in [-0.3, -0.25) is 9.59 Å². The van der Waals surface area contributed by atoms with Gasteiger partial charge in [0.1, 0.15) is 18.2 Å². The van der Waals surface area contributed by atoms with Crippen molar-refractivity contribution in [2.75, 3.05) is 10.6 Å². The summed E-state index contributed by atoms with van der Waals surface area (Å²) in [5, 5.41) is 12.8. The fraction of sp³-hybridized carbons (Fsp3) is 0.200. The van der Waals surface area contributed by atoms with Crippen LogP contribution in [0.2, 0.25) is 0 Å². The Labute approximate surface area is 165 Å². The fourth-order valence-electron chi connectivity index (χ4n) is 2.70. The van der Waals surface area contributed by atoms with E-state index < -0.39 is 23.4 Å². The molecule has 1 aromatic heterocycles. The van der Waals surface area contributed by atoms with Crippen LogP contribution in [0, 0.1) is 32.4 Å². The Balaban J connectivity index is 1.70. The third-order valence-electron chi connectivity index (χ3n) is 4.55. The normalized spacial score (nSPS) is 10.7. The molecule has 0 saturated heterocycles. The van der Waals surface area contributed by atoms with Gasteiger partial charge < -0.3 is 10.6 Å². The Morgan fingerprint density at radius 2 is 1.79 bits per heavy atom. The van der Waals surface area contributed by atoms with Gasteiger partial charge in [0.25, 0.3) is 5.91 Å². The molecule has 0 radical (unpaired) electrons. The highest BCUT2D eigenvalue weighted by molar-refractivity contribution is 6.04. The third kappa shape index (κ3) is 4.45.